The number of anilines is 1. The lowest BCUT2D eigenvalue weighted by Crippen LogP contribution is -2.00. The molecule has 0 fully saturated rings. The minimum absolute atomic E-state index is 0.0431. The molecule has 0 spiro atoms. The Morgan fingerprint density at radius 3 is 2.92 bits per heavy atom. The van der Waals surface area contributed by atoms with Gasteiger partial charge in [-0.2, -0.15) is 5.26 Å². The van der Waals surface area contributed by atoms with Crippen molar-refractivity contribution in [3.05, 3.63) is 23.8 Å². The van der Waals surface area contributed by atoms with E-state index < -0.39 is 6.67 Å². The summed E-state index contributed by atoms with van der Waals surface area (Å²) in [6.07, 6.45) is 0. The molecule has 0 aliphatic carbocycles. The second kappa shape index (κ2) is 4.31. The first-order chi connectivity index (χ1) is 6.27. The van der Waals surface area contributed by atoms with Gasteiger partial charge in [0.05, 0.1) is 5.56 Å². The normalized spacial score (nSPS) is 9.23. The predicted molar refractivity (Wildman–Crippen MR) is 47.0 cm³/mol. The van der Waals surface area contributed by atoms with Gasteiger partial charge in [-0.25, -0.2) is 4.39 Å². The van der Waals surface area contributed by atoms with E-state index in [2.05, 4.69) is 0 Å². The summed E-state index contributed by atoms with van der Waals surface area (Å²) in [5, 5.41) is 8.66. The number of nitrogen functional groups attached to an aromatic ring is 1. The van der Waals surface area contributed by atoms with Crippen LogP contribution >= 0.6 is 0 Å². The molecule has 0 saturated carbocycles. The van der Waals surface area contributed by atoms with Gasteiger partial charge in [0.2, 0.25) is 0 Å². The maximum Gasteiger partial charge on any atom is 0.137 e. The van der Waals surface area contributed by atoms with E-state index in [1.165, 1.54) is 6.07 Å². The monoisotopic (exact) mass is 180 g/mol. The molecule has 0 unspecified atom stereocenters. The number of rotatable bonds is 3. The average molecular weight is 180 g/mol. The molecule has 0 aliphatic heterocycles. The number of alkyl halides is 1. The smallest absolute Gasteiger partial charge is 0.137 e. The van der Waals surface area contributed by atoms with E-state index in [1.807, 2.05) is 6.07 Å². The standard InChI is InChI=1S/C9H9FN2O/c10-3-4-13-9-2-1-8(12)5-7(9)6-11/h1-2,5H,3-4,12H2. The van der Waals surface area contributed by atoms with Crippen LogP contribution < -0.4 is 10.5 Å². The minimum atomic E-state index is -0.574. The summed E-state index contributed by atoms with van der Waals surface area (Å²) in [5.41, 5.74) is 6.27. The number of hydrogen-bond acceptors (Lipinski definition) is 3. The van der Waals surface area contributed by atoms with Crippen molar-refractivity contribution >= 4 is 5.69 Å². The second-order valence-corrected chi connectivity index (χ2v) is 2.40. The maximum atomic E-state index is 11.8. The Hall–Kier alpha value is -1.76. The van der Waals surface area contributed by atoms with E-state index >= 15 is 0 Å². The molecule has 0 saturated heterocycles. The summed E-state index contributed by atoms with van der Waals surface area (Å²) in [6, 6.07) is 6.58. The Kier molecular flexibility index (Phi) is 3.09. The van der Waals surface area contributed by atoms with E-state index in [4.69, 9.17) is 15.7 Å². The van der Waals surface area contributed by atoms with Gasteiger partial charge in [-0.15, -0.1) is 0 Å². The molecule has 1 rings (SSSR count). The van der Waals surface area contributed by atoms with Gasteiger partial charge >= 0.3 is 0 Å². The van der Waals surface area contributed by atoms with Crippen LogP contribution in [0, 0.1) is 11.3 Å². The molecule has 1 aromatic rings. The molecule has 0 atom stereocenters. The number of nitrogens with zero attached hydrogens (tertiary/aromatic N) is 1. The molecular weight excluding hydrogens is 171 g/mol. The number of ether oxygens (including phenoxy) is 1. The number of hydrogen-bond donors (Lipinski definition) is 1. The molecule has 2 N–H and O–H groups in total. The molecule has 1 aromatic carbocycles. The number of nitriles is 1. The molecule has 0 radical (unpaired) electrons. The number of benzene rings is 1. The third kappa shape index (κ3) is 2.34. The summed E-state index contributed by atoms with van der Waals surface area (Å²) >= 11 is 0. The van der Waals surface area contributed by atoms with Crippen LogP contribution in [-0.4, -0.2) is 13.3 Å². The SMILES string of the molecule is N#Cc1cc(N)ccc1OCCF. The van der Waals surface area contributed by atoms with E-state index in [1.54, 1.807) is 12.1 Å². The highest BCUT2D eigenvalue weighted by Crippen LogP contribution is 2.20. The van der Waals surface area contributed by atoms with E-state index in [-0.39, 0.29) is 6.61 Å². The topological polar surface area (TPSA) is 59.0 Å². The van der Waals surface area contributed by atoms with Gasteiger partial charge in [-0.05, 0) is 18.2 Å². The highest BCUT2D eigenvalue weighted by Gasteiger charge is 2.02. The summed E-state index contributed by atoms with van der Waals surface area (Å²) in [7, 11) is 0. The highest BCUT2D eigenvalue weighted by molar-refractivity contribution is 5.53. The third-order valence-corrected chi connectivity index (χ3v) is 1.46. The summed E-state index contributed by atoms with van der Waals surface area (Å²) in [4.78, 5) is 0. The molecule has 4 heteroatoms. The van der Waals surface area contributed by atoms with Gasteiger partial charge in [-0.3, -0.25) is 0 Å². The fraction of sp³-hybridized carbons (Fsp3) is 0.222. The van der Waals surface area contributed by atoms with Crippen LogP contribution in [0.3, 0.4) is 0 Å². The van der Waals surface area contributed by atoms with Gasteiger partial charge in [0.1, 0.15) is 25.1 Å². The van der Waals surface area contributed by atoms with Crippen LogP contribution in [0.2, 0.25) is 0 Å². The Labute approximate surface area is 75.5 Å². The lowest BCUT2D eigenvalue weighted by atomic mass is 10.2. The maximum absolute atomic E-state index is 11.8. The Balaban J connectivity index is 2.88. The largest absolute Gasteiger partial charge is 0.489 e. The number of halogens is 1. The van der Waals surface area contributed by atoms with Gasteiger partial charge < -0.3 is 10.5 Å². The Bertz CT molecular complexity index is 333. The molecule has 0 amide bonds. The summed E-state index contributed by atoms with van der Waals surface area (Å²) < 4.78 is 16.7. The molecule has 0 aromatic heterocycles. The van der Waals surface area contributed by atoms with Gasteiger partial charge in [0, 0.05) is 5.69 Å². The quantitative estimate of drug-likeness (QED) is 0.717. The van der Waals surface area contributed by atoms with Crippen molar-refractivity contribution < 1.29 is 9.13 Å². The lowest BCUT2D eigenvalue weighted by Gasteiger charge is -2.05. The van der Waals surface area contributed by atoms with Crippen LogP contribution in [0.5, 0.6) is 5.75 Å². The first-order valence-corrected chi connectivity index (χ1v) is 3.76. The Morgan fingerprint density at radius 1 is 1.54 bits per heavy atom. The van der Waals surface area contributed by atoms with Crippen LogP contribution in [0.1, 0.15) is 5.56 Å². The zero-order valence-corrected chi connectivity index (χ0v) is 6.96. The van der Waals surface area contributed by atoms with Crippen molar-refractivity contribution in [1.29, 1.82) is 5.26 Å². The first-order valence-electron chi connectivity index (χ1n) is 3.76. The van der Waals surface area contributed by atoms with E-state index in [0.717, 1.165) is 0 Å². The van der Waals surface area contributed by atoms with Gasteiger partial charge in [0.15, 0.2) is 0 Å². The molecular formula is C9H9FN2O. The number of nitrogens with two attached hydrogens (primary N) is 1. The Morgan fingerprint density at radius 2 is 2.31 bits per heavy atom. The van der Waals surface area contributed by atoms with E-state index in [0.29, 0.717) is 17.0 Å². The molecule has 68 valence electrons. The van der Waals surface area contributed by atoms with Crippen molar-refractivity contribution in [2.24, 2.45) is 0 Å². The highest BCUT2D eigenvalue weighted by atomic mass is 19.1. The predicted octanol–water partition coefficient (Wildman–Crippen LogP) is 1.49. The third-order valence-electron chi connectivity index (χ3n) is 1.46. The van der Waals surface area contributed by atoms with Crippen LogP contribution in [0.4, 0.5) is 10.1 Å². The second-order valence-electron chi connectivity index (χ2n) is 2.40. The summed E-state index contributed by atoms with van der Waals surface area (Å²) in [5.74, 6) is 0.370. The minimum Gasteiger partial charge on any atom is -0.489 e. The first kappa shape index (κ1) is 9.33. The van der Waals surface area contributed by atoms with Crippen molar-refractivity contribution in [2.75, 3.05) is 19.0 Å². The van der Waals surface area contributed by atoms with Gasteiger partial charge in [-0.1, -0.05) is 0 Å². The zero-order chi connectivity index (χ0) is 9.68. The fourth-order valence-electron chi connectivity index (χ4n) is 0.909. The van der Waals surface area contributed by atoms with Crippen LogP contribution in [-0.2, 0) is 0 Å². The van der Waals surface area contributed by atoms with Crippen LogP contribution in [0.15, 0.2) is 18.2 Å². The zero-order valence-electron chi connectivity index (χ0n) is 6.96. The van der Waals surface area contributed by atoms with Crippen molar-refractivity contribution in [1.82, 2.24) is 0 Å². The molecule has 0 heterocycles. The van der Waals surface area contributed by atoms with Gasteiger partial charge in [0.25, 0.3) is 0 Å². The van der Waals surface area contributed by atoms with E-state index in [9.17, 15) is 4.39 Å². The van der Waals surface area contributed by atoms with Crippen molar-refractivity contribution in [3.63, 3.8) is 0 Å². The average Bonchev–Trinajstić information content (AvgIpc) is 2.16. The lowest BCUT2D eigenvalue weighted by molar-refractivity contribution is 0.272. The molecule has 3 nitrogen and oxygen atoms in total. The molecule has 13 heavy (non-hydrogen) atoms. The van der Waals surface area contributed by atoms with Crippen molar-refractivity contribution in [2.45, 2.75) is 0 Å². The van der Waals surface area contributed by atoms with Crippen LogP contribution in [0.25, 0.3) is 0 Å². The molecule has 0 bridgehead atoms. The molecule has 0 aliphatic rings. The fourth-order valence-corrected chi connectivity index (χ4v) is 0.909. The summed E-state index contributed by atoms with van der Waals surface area (Å²) in [6.45, 7) is -0.617. The van der Waals surface area contributed by atoms with Crippen molar-refractivity contribution in [3.8, 4) is 11.8 Å².